The average Bonchev–Trinajstić information content (AvgIpc) is 3.11. The maximum atomic E-state index is 12.4. The summed E-state index contributed by atoms with van der Waals surface area (Å²) in [6, 6.07) is 20.4. The van der Waals surface area contributed by atoms with E-state index in [1.54, 1.807) is 6.08 Å². The number of amides is 1. The molecule has 0 radical (unpaired) electrons. The van der Waals surface area contributed by atoms with E-state index in [0.29, 0.717) is 0 Å². The number of carbonyl (C=O) groups is 1. The van der Waals surface area contributed by atoms with Crippen molar-refractivity contribution in [1.29, 1.82) is 0 Å². The molecule has 29 heavy (non-hydrogen) atoms. The van der Waals surface area contributed by atoms with Gasteiger partial charge in [0.1, 0.15) is 0 Å². The second-order valence-corrected chi connectivity index (χ2v) is 7.64. The van der Waals surface area contributed by atoms with Crippen molar-refractivity contribution in [2.75, 3.05) is 0 Å². The maximum Gasteiger partial charge on any atom is 0.244 e. The minimum atomic E-state index is -0.0940. The van der Waals surface area contributed by atoms with Crippen molar-refractivity contribution >= 4 is 12.0 Å². The fourth-order valence-corrected chi connectivity index (χ4v) is 3.96. The molecule has 3 aromatic rings. The summed E-state index contributed by atoms with van der Waals surface area (Å²) < 4.78 is 2.12. The monoisotopic (exact) mass is 385 g/mol. The largest absolute Gasteiger partial charge is 0.346 e. The van der Waals surface area contributed by atoms with Crippen LogP contribution < -0.4 is 5.32 Å². The van der Waals surface area contributed by atoms with Crippen LogP contribution in [0.4, 0.5) is 0 Å². The number of hydrogen-bond acceptors (Lipinski definition) is 2. The van der Waals surface area contributed by atoms with Crippen molar-refractivity contribution in [3.8, 4) is 0 Å². The van der Waals surface area contributed by atoms with Crippen LogP contribution in [0.3, 0.4) is 0 Å². The van der Waals surface area contributed by atoms with E-state index in [1.807, 2.05) is 49.4 Å². The van der Waals surface area contributed by atoms with E-state index in [2.05, 4.69) is 34.3 Å². The van der Waals surface area contributed by atoms with E-state index < -0.39 is 0 Å². The molecule has 4 nitrogen and oxygen atoms in total. The number of benzene rings is 2. The molecule has 1 aliphatic carbocycles. The lowest BCUT2D eigenvalue weighted by Crippen LogP contribution is -2.24. The molecule has 1 N–H and O–H groups in total. The van der Waals surface area contributed by atoms with Gasteiger partial charge < -0.3 is 5.32 Å². The van der Waals surface area contributed by atoms with E-state index in [0.717, 1.165) is 30.6 Å². The summed E-state index contributed by atoms with van der Waals surface area (Å²) in [6.07, 6.45) is 7.96. The molecular weight excluding hydrogens is 358 g/mol. The number of fused-ring (bicyclic) bond motifs is 1. The molecule has 1 aliphatic rings. The first kappa shape index (κ1) is 19.2. The Bertz CT molecular complexity index is 990. The van der Waals surface area contributed by atoms with Crippen molar-refractivity contribution in [2.45, 2.75) is 45.2 Å². The Balaban J connectivity index is 1.50. The highest BCUT2D eigenvalue weighted by atomic mass is 16.1. The standard InChI is InChI=1S/C25H27N3O/c1-19(21-12-6-3-7-13-21)26-25(29)17-16-23-22-14-8-9-15-24(22)28(27-23)18-20-10-4-2-5-11-20/h2-7,10-13,16-17,19H,8-9,14-15,18H2,1H3,(H,26,29)/b17-16+/t19-/m1/s1. The van der Waals surface area contributed by atoms with Gasteiger partial charge in [-0.3, -0.25) is 9.48 Å². The molecule has 148 valence electrons. The molecule has 1 heterocycles. The smallest absolute Gasteiger partial charge is 0.244 e. The SMILES string of the molecule is C[C@@H](NC(=O)/C=C/c1nn(Cc2ccccc2)c2c1CCCC2)c1ccccc1. The first-order valence-electron chi connectivity index (χ1n) is 10.4. The normalized spacial score (nSPS) is 14.5. The number of rotatable bonds is 6. The molecule has 1 atom stereocenters. The summed E-state index contributed by atoms with van der Waals surface area (Å²) in [4.78, 5) is 12.4. The highest BCUT2D eigenvalue weighted by molar-refractivity contribution is 5.91. The molecule has 0 saturated carbocycles. The van der Waals surface area contributed by atoms with E-state index in [1.165, 1.54) is 29.7 Å². The molecular formula is C25H27N3O. The van der Waals surface area contributed by atoms with Gasteiger partial charge in [0, 0.05) is 17.3 Å². The molecule has 4 heteroatoms. The topological polar surface area (TPSA) is 46.9 Å². The lowest BCUT2D eigenvalue weighted by Gasteiger charge is -2.14. The van der Waals surface area contributed by atoms with Crippen LogP contribution in [0.15, 0.2) is 66.7 Å². The van der Waals surface area contributed by atoms with Gasteiger partial charge in [-0.15, -0.1) is 0 Å². The number of carbonyl (C=O) groups excluding carboxylic acids is 1. The van der Waals surface area contributed by atoms with Crippen molar-refractivity contribution in [1.82, 2.24) is 15.1 Å². The van der Waals surface area contributed by atoms with Crippen LogP contribution in [-0.2, 0) is 24.2 Å². The van der Waals surface area contributed by atoms with Gasteiger partial charge >= 0.3 is 0 Å². The predicted molar refractivity (Wildman–Crippen MR) is 116 cm³/mol. The Morgan fingerprint density at radius 2 is 1.76 bits per heavy atom. The van der Waals surface area contributed by atoms with Crippen LogP contribution >= 0.6 is 0 Å². The predicted octanol–water partition coefficient (Wildman–Crippen LogP) is 4.70. The Morgan fingerprint density at radius 1 is 1.07 bits per heavy atom. The van der Waals surface area contributed by atoms with Crippen LogP contribution in [0.5, 0.6) is 0 Å². The zero-order valence-electron chi connectivity index (χ0n) is 16.8. The van der Waals surface area contributed by atoms with Gasteiger partial charge in [0.05, 0.1) is 18.3 Å². The van der Waals surface area contributed by atoms with Crippen LogP contribution in [0, 0.1) is 0 Å². The van der Waals surface area contributed by atoms with E-state index in [9.17, 15) is 4.79 Å². The van der Waals surface area contributed by atoms with Gasteiger partial charge in [0.2, 0.25) is 5.91 Å². The molecule has 0 aliphatic heterocycles. The number of nitrogens with zero attached hydrogens (tertiary/aromatic N) is 2. The van der Waals surface area contributed by atoms with E-state index >= 15 is 0 Å². The van der Waals surface area contributed by atoms with Gasteiger partial charge in [0.15, 0.2) is 0 Å². The summed E-state index contributed by atoms with van der Waals surface area (Å²) >= 11 is 0. The molecule has 2 aromatic carbocycles. The van der Waals surface area contributed by atoms with Gasteiger partial charge in [-0.1, -0.05) is 60.7 Å². The lowest BCUT2D eigenvalue weighted by atomic mass is 9.95. The van der Waals surface area contributed by atoms with Crippen molar-refractivity contribution < 1.29 is 4.79 Å². The Kier molecular flexibility index (Phi) is 5.89. The fraction of sp³-hybridized carbons (Fsp3) is 0.280. The Hall–Kier alpha value is -3.14. The van der Waals surface area contributed by atoms with Gasteiger partial charge in [-0.25, -0.2) is 0 Å². The average molecular weight is 386 g/mol. The third kappa shape index (κ3) is 4.65. The van der Waals surface area contributed by atoms with Gasteiger partial charge in [0.25, 0.3) is 0 Å². The molecule has 1 amide bonds. The van der Waals surface area contributed by atoms with Gasteiger partial charge in [-0.05, 0) is 49.8 Å². The molecule has 1 aromatic heterocycles. The molecule has 4 rings (SSSR count). The van der Waals surface area contributed by atoms with Crippen molar-refractivity contribution in [3.05, 3.63) is 94.8 Å². The minimum absolute atomic E-state index is 0.0297. The first-order valence-corrected chi connectivity index (χ1v) is 10.4. The van der Waals surface area contributed by atoms with Crippen LogP contribution in [0.1, 0.15) is 53.9 Å². The molecule has 0 fully saturated rings. The number of hydrogen-bond donors (Lipinski definition) is 1. The zero-order chi connectivity index (χ0) is 20.1. The first-order chi connectivity index (χ1) is 14.2. The summed E-state index contributed by atoms with van der Waals surface area (Å²) in [5.74, 6) is -0.0940. The zero-order valence-corrected chi connectivity index (χ0v) is 16.8. The lowest BCUT2D eigenvalue weighted by molar-refractivity contribution is -0.117. The summed E-state index contributed by atoms with van der Waals surface area (Å²) in [5, 5.41) is 7.88. The second-order valence-electron chi connectivity index (χ2n) is 7.64. The third-order valence-electron chi connectivity index (χ3n) is 5.51. The minimum Gasteiger partial charge on any atom is -0.346 e. The van der Waals surface area contributed by atoms with Gasteiger partial charge in [-0.2, -0.15) is 5.10 Å². The van der Waals surface area contributed by atoms with Crippen LogP contribution in [0.25, 0.3) is 6.08 Å². The van der Waals surface area contributed by atoms with Crippen LogP contribution in [-0.4, -0.2) is 15.7 Å². The molecule has 0 bridgehead atoms. The van der Waals surface area contributed by atoms with Crippen LogP contribution in [0.2, 0.25) is 0 Å². The summed E-state index contributed by atoms with van der Waals surface area (Å²) in [6.45, 7) is 2.77. The fourth-order valence-electron chi connectivity index (χ4n) is 3.96. The number of aromatic nitrogens is 2. The third-order valence-corrected chi connectivity index (χ3v) is 5.51. The second kappa shape index (κ2) is 8.91. The Morgan fingerprint density at radius 3 is 2.52 bits per heavy atom. The molecule has 0 unspecified atom stereocenters. The van der Waals surface area contributed by atoms with E-state index in [-0.39, 0.29) is 11.9 Å². The maximum absolute atomic E-state index is 12.4. The highest BCUT2D eigenvalue weighted by Crippen LogP contribution is 2.26. The van der Waals surface area contributed by atoms with Crippen molar-refractivity contribution in [2.24, 2.45) is 0 Å². The molecule has 0 spiro atoms. The van der Waals surface area contributed by atoms with Crippen molar-refractivity contribution in [3.63, 3.8) is 0 Å². The highest BCUT2D eigenvalue weighted by Gasteiger charge is 2.19. The number of nitrogens with one attached hydrogen (secondary N) is 1. The Labute approximate surface area is 172 Å². The quantitative estimate of drug-likeness (QED) is 0.625. The summed E-state index contributed by atoms with van der Waals surface area (Å²) in [5.41, 5.74) is 5.88. The van der Waals surface area contributed by atoms with E-state index in [4.69, 9.17) is 5.10 Å². The summed E-state index contributed by atoms with van der Waals surface area (Å²) in [7, 11) is 0. The molecule has 0 saturated heterocycles.